The van der Waals surface area contributed by atoms with Gasteiger partial charge in [0.2, 0.25) is 5.69 Å². The summed E-state index contributed by atoms with van der Waals surface area (Å²) in [7, 11) is 2.24. The van der Waals surface area contributed by atoms with Gasteiger partial charge in [0.15, 0.2) is 5.71 Å². The Morgan fingerprint density at radius 3 is 1.97 bits per heavy atom. The molecule has 166 valence electrons. The van der Waals surface area contributed by atoms with Crippen LogP contribution in [0.2, 0.25) is 0 Å². The van der Waals surface area contributed by atoms with E-state index in [1.807, 2.05) is 0 Å². The zero-order chi connectivity index (χ0) is 23.5. The lowest BCUT2D eigenvalue weighted by molar-refractivity contribution is -0.401. The molecule has 2 aromatic carbocycles. The van der Waals surface area contributed by atoms with Crippen LogP contribution in [0, 0.1) is 41.5 Å². The fourth-order valence-electron chi connectivity index (χ4n) is 5.80. The fourth-order valence-corrected chi connectivity index (χ4v) is 5.80. The average Bonchev–Trinajstić information content (AvgIpc) is 3.04. The van der Waals surface area contributed by atoms with Crippen LogP contribution < -0.4 is 0 Å². The number of hydrogen-bond donors (Lipinski definition) is 0. The van der Waals surface area contributed by atoms with Crippen molar-refractivity contribution in [3.05, 3.63) is 86.5 Å². The van der Waals surface area contributed by atoms with Crippen LogP contribution >= 0.6 is 0 Å². The zero-order valence-corrected chi connectivity index (χ0v) is 21.3. The molecule has 0 atom stereocenters. The van der Waals surface area contributed by atoms with Gasteiger partial charge in [-0.3, -0.25) is 0 Å². The molecule has 1 aliphatic heterocycles. The third-order valence-corrected chi connectivity index (χ3v) is 8.45. The summed E-state index contributed by atoms with van der Waals surface area (Å²) in [4.78, 5) is 0. The van der Waals surface area contributed by atoms with Gasteiger partial charge >= 0.3 is 0 Å². The van der Waals surface area contributed by atoms with Crippen molar-refractivity contribution in [3.8, 4) is 0 Å². The summed E-state index contributed by atoms with van der Waals surface area (Å²) >= 11 is 0. The Balaban J connectivity index is 1.86. The largest absolute Gasteiger partial charge is 0.212 e. The molecule has 32 heavy (non-hydrogen) atoms. The summed E-state index contributed by atoms with van der Waals surface area (Å²) in [6.45, 7) is 24.5. The van der Waals surface area contributed by atoms with Gasteiger partial charge in [0.05, 0.1) is 6.42 Å². The van der Waals surface area contributed by atoms with Gasteiger partial charge in [0.25, 0.3) is 0 Å². The van der Waals surface area contributed by atoms with E-state index in [0.717, 1.165) is 31.3 Å². The molecular weight excluding hydrogens is 386 g/mol. The lowest BCUT2D eigenvalue weighted by Crippen LogP contribution is -2.06. The van der Waals surface area contributed by atoms with Crippen LogP contribution in [0.25, 0.3) is 10.8 Å². The van der Waals surface area contributed by atoms with E-state index in [-0.39, 0.29) is 0 Å². The summed E-state index contributed by atoms with van der Waals surface area (Å²) in [6.07, 6.45) is 8.99. The number of allylic oxidation sites excluding steroid dienone is 6. The molecule has 0 radical (unpaired) electrons. The summed E-state index contributed by atoms with van der Waals surface area (Å²) in [6, 6.07) is 0. The Hall–Kier alpha value is -2.67. The molecule has 2 aliphatic rings. The molecule has 0 saturated heterocycles. The molecule has 0 aromatic heterocycles. The lowest BCUT2D eigenvalue weighted by Gasteiger charge is -2.19. The monoisotopic (exact) mass is 424 g/mol. The number of fused-ring (bicyclic) bond motifs is 3. The SMILES string of the molecule is C=C1CCCC(/C=C/C2=[N+](C)c3c(C)c(C)c4c(C)c(C)c(C)c(C)c4c3C2)=C(C)C1=C. The third kappa shape index (κ3) is 3.25. The van der Waals surface area contributed by atoms with Crippen molar-refractivity contribution < 1.29 is 4.58 Å². The lowest BCUT2D eigenvalue weighted by atomic mass is 9.84. The normalized spacial score (nSPS) is 17.2. The second-order valence-electron chi connectivity index (χ2n) is 9.97. The van der Waals surface area contributed by atoms with Crippen molar-refractivity contribution in [3.63, 3.8) is 0 Å². The van der Waals surface area contributed by atoms with E-state index < -0.39 is 0 Å². The molecular formula is C31H38N+. The maximum atomic E-state index is 4.29. The van der Waals surface area contributed by atoms with Crippen LogP contribution in [0.15, 0.2) is 47.6 Å². The maximum absolute atomic E-state index is 4.29. The second kappa shape index (κ2) is 8.03. The van der Waals surface area contributed by atoms with E-state index in [1.54, 1.807) is 0 Å². The highest BCUT2D eigenvalue weighted by Gasteiger charge is 2.32. The molecule has 1 heteroatoms. The van der Waals surface area contributed by atoms with Gasteiger partial charge in [-0.05, 0) is 129 Å². The molecule has 4 rings (SSSR count). The highest BCUT2D eigenvalue weighted by atomic mass is 15.0. The van der Waals surface area contributed by atoms with Gasteiger partial charge in [-0.25, -0.2) is 0 Å². The van der Waals surface area contributed by atoms with Gasteiger partial charge < -0.3 is 0 Å². The van der Waals surface area contributed by atoms with Crippen molar-refractivity contribution >= 4 is 22.2 Å². The van der Waals surface area contributed by atoms with E-state index in [0.29, 0.717) is 0 Å². The average molecular weight is 425 g/mol. The zero-order valence-electron chi connectivity index (χ0n) is 21.3. The van der Waals surface area contributed by atoms with Crippen LogP contribution in [0.3, 0.4) is 0 Å². The highest BCUT2D eigenvalue weighted by molar-refractivity contribution is 6.06. The molecule has 0 fully saturated rings. The topological polar surface area (TPSA) is 3.01 Å². The second-order valence-corrected chi connectivity index (χ2v) is 9.97. The molecule has 0 saturated carbocycles. The van der Waals surface area contributed by atoms with Crippen molar-refractivity contribution in [1.29, 1.82) is 0 Å². The van der Waals surface area contributed by atoms with Crippen LogP contribution in [0.1, 0.15) is 65.1 Å². The van der Waals surface area contributed by atoms with E-state index in [9.17, 15) is 0 Å². The minimum atomic E-state index is 0.989. The highest BCUT2D eigenvalue weighted by Crippen LogP contribution is 2.43. The van der Waals surface area contributed by atoms with E-state index in [1.165, 1.54) is 77.8 Å². The number of nitrogens with zero attached hydrogens (tertiary/aromatic N) is 1. The smallest absolute Gasteiger partial charge is 0.198 e. The third-order valence-electron chi connectivity index (χ3n) is 8.45. The van der Waals surface area contributed by atoms with Crippen molar-refractivity contribution in [2.45, 2.75) is 74.1 Å². The van der Waals surface area contributed by atoms with E-state index >= 15 is 0 Å². The van der Waals surface area contributed by atoms with Crippen LogP contribution in [0.4, 0.5) is 5.69 Å². The summed E-state index contributed by atoms with van der Waals surface area (Å²) in [5.41, 5.74) is 17.9. The molecule has 1 aliphatic carbocycles. The minimum absolute atomic E-state index is 0.989. The minimum Gasteiger partial charge on any atom is -0.198 e. The number of benzene rings is 2. The summed E-state index contributed by atoms with van der Waals surface area (Å²) < 4.78 is 2.43. The molecule has 0 N–H and O–H groups in total. The maximum Gasteiger partial charge on any atom is 0.212 e. The van der Waals surface area contributed by atoms with E-state index in [2.05, 4.69) is 85.4 Å². The Labute approximate surface area is 194 Å². The Bertz CT molecular complexity index is 1300. The van der Waals surface area contributed by atoms with Gasteiger partial charge in [0.1, 0.15) is 7.05 Å². The quantitative estimate of drug-likeness (QED) is 0.428. The van der Waals surface area contributed by atoms with Crippen molar-refractivity contribution in [2.24, 2.45) is 0 Å². The molecule has 1 heterocycles. The Morgan fingerprint density at radius 2 is 1.31 bits per heavy atom. The first-order valence-corrected chi connectivity index (χ1v) is 11.9. The summed E-state index contributed by atoms with van der Waals surface area (Å²) in [5.74, 6) is 0. The first kappa shape index (κ1) is 22.5. The van der Waals surface area contributed by atoms with E-state index in [4.69, 9.17) is 0 Å². The Kier molecular flexibility index (Phi) is 5.65. The number of rotatable bonds is 2. The molecule has 2 aromatic rings. The molecule has 0 unspecified atom stereocenters. The molecule has 0 spiro atoms. The fraction of sp³-hybridized carbons (Fsp3) is 0.387. The van der Waals surface area contributed by atoms with Gasteiger partial charge in [-0.15, -0.1) is 0 Å². The Morgan fingerprint density at radius 1 is 0.719 bits per heavy atom. The standard InChI is InChI=1S/C31H38N/c1-17-12-11-13-26(21(5)18(17)2)14-15-27-16-28-30-23(7)20(4)19(3)22(6)29(30)24(8)25(9)31(28)32(27)10/h14-15H,1-2,11-13,16H2,3-10H3/q+1/b15-14+. The van der Waals surface area contributed by atoms with Crippen molar-refractivity contribution in [1.82, 2.24) is 0 Å². The predicted octanol–water partition coefficient (Wildman–Crippen LogP) is 8.13. The molecule has 0 bridgehead atoms. The van der Waals surface area contributed by atoms with Crippen LogP contribution in [-0.2, 0) is 6.42 Å². The van der Waals surface area contributed by atoms with Crippen LogP contribution in [-0.4, -0.2) is 17.3 Å². The first-order valence-electron chi connectivity index (χ1n) is 11.9. The molecule has 1 nitrogen and oxygen atoms in total. The van der Waals surface area contributed by atoms with Gasteiger partial charge in [-0.1, -0.05) is 19.2 Å². The van der Waals surface area contributed by atoms with Gasteiger partial charge in [-0.2, -0.15) is 4.58 Å². The molecule has 0 amide bonds. The predicted molar refractivity (Wildman–Crippen MR) is 141 cm³/mol. The van der Waals surface area contributed by atoms with Crippen molar-refractivity contribution in [2.75, 3.05) is 7.05 Å². The van der Waals surface area contributed by atoms with Crippen LogP contribution in [0.5, 0.6) is 0 Å². The van der Waals surface area contributed by atoms with Gasteiger partial charge in [0, 0.05) is 17.2 Å². The first-order chi connectivity index (χ1) is 15.1. The number of hydrogen-bond acceptors (Lipinski definition) is 0. The summed E-state index contributed by atoms with van der Waals surface area (Å²) in [5, 5.41) is 2.95. The number of aryl methyl sites for hydroxylation is 3.